The van der Waals surface area contributed by atoms with Gasteiger partial charge in [0.15, 0.2) is 0 Å². The second-order valence-electron chi connectivity index (χ2n) is 7.06. The molecule has 0 aromatic heterocycles. The molecule has 0 unspecified atom stereocenters. The van der Waals surface area contributed by atoms with E-state index < -0.39 is 0 Å². The molecular formula is C21H33N3O2. The molecule has 0 atom stereocenters. The Balaban J connectivity index is 1.75. The van der Waals surface area contributed by atoms with Crippen molar-refractivity contribution in [1.82, 2.24) is 10.2 Å². The van der Waals surface area contributed by atoms with E-state index in [2.05, 4.69) is 42.3 Å². The lowest BCUT2D eigenvalue weighted by Gasteiger charge is -2.31. The molecule has 0 saturated carbocycles. The molecule has 0 bridgehead atoms. The molecule has 2 amide bonds. The Bertz CT molecular complexity index is 595. The molecule has 1 N–H and O–H groups in total. The van der Waals surface area contributed by atoms with Gasteiger partial charge in [0.05, 0.1) is 0 Å². The van der Waals surface area contributed by atoms with E-state index in [1.165, 1.54) is 11.3 Å². The van der Waals surface area contributed by atoms with Crippen LogP contribution in [0.5, 0.6) is 0 Å². The normalized spacial score (nSPS) is 15.0. The Morgan fingerprint density at radius 1 is 1.19 bits per heavy atom. The largest absolute Gasteiger partial charge is 0.370 e. The van der Waals surface area contributed by atoms with Crippen LogP contribution in [-0.2, 0) is 9.59 Å². The Kier molecular flexibility index (Phi) is 7.95. The second kappa shape index (κ2) is 10.2. The zero-order chi connectivity index (χ0) is 18.9. The van der Waals surface area contributed by atoms with Crippen molar-refractivity contribution in [2.75, 3.05) is 37.6 Å². The molecule has 144 valence electrons. The summed E-state index contributed by atoms with van der Waals surface area (Å²) in [5.41, 5.74) is 2.48. The van der Waals surface area contributed by atoms with Crippen molar-refractivity contribution in [2.45, 2.75) is 46.5 Å². The van der Waals surface area contributed by atoms with Crippen molar-refractivity contribution in [3.8, 4) is 0 Å². The third kappa shape index (κ3) is 5.48. The van der Waals surface area contributed by atoms with Gasteiger partial charge in [-0.3, -0.25) is 9.59 Å². The van der Waals surface area contributed by atoms with Crippen LogP contribution >= 0.6 is 0 Å². The smallest absolute Gasteiger partial charge is 0.223 e. The highest BCUT2D eigenvalue weighted by Crippen LogP contribution is 2.20. The number of likely N-dealkylation sites (N-methyl/N-ethyl adjacent to an activating group) is 1. The lowest BCUT2D eigenvalue weighted by Crippen LogP contribution is -2.44. The highest BCUT2D eigenvalue weighted by atomic mass is 16.2. The Hall–Kier alpha value is -2.04. The summed E-state index contributed by atoms with van der Waals surface area (Å²) in [6, 6.07) is 8.34. The molecule has 1 aliphatic rings. The fraction of sp³-hybridized carbons (Fsp3) is 0.619. The van der Waals surface area contributed by atoms with Crippen molar-refractivity contribution < 1.29 is 9.59 Å². The van der Waals surface area contributed by atoms with Crippen molar-refractivity contribution in [1.29, 1.82) is 0 Å². The Morgan fingerprint density at radius 2 is 1.88 bits per heavy atom. The maximum atomic E-state index is 12.4. The molecule has 0 radical (unpaired) electrons. The predicted octanol–water partition coefficient (Wildman–Crippen LogP) is 2.98. The number of piperidine rings is 1. The molecule has 1 fully saturated rings. The van der Waals surface area contributed by atoms with E-state index in [4.69, 9.17) is 0 Å². The van der Waals surface area contributed by atoms with Crippen molar-refractivity contribution in [2.24, 2.45) is 5.92 Å². The lowest BCUT2D eigenvalue weighted by atomic mass is 9.95. The quantitative estimate of drug-likeness (QED) is 0.776. The van der Waals surface area contributed by atoms with E-state index in [9.17, 15) is 9.59 Å². The first kappa shape index (κ1) is 20.3. The summed E-state index contributed by atoms with van der Waals surface area (Å²) in [7, 11) is 0. The fourth-order valence-corrected chi connectivity index (χ4v) is 3.59. The van der Waals surface area contributed by atoms with E-state index in [0.717, 1.165) is 32.4 Å². The van der Waals surface area contributed by atoms with Crippen LogP contribution in [0.1, 0.15) is 45.1 Å². The number of benzene rings is 1. The molecule has 1 aromatic rings. The van der Waals surface area contributed by atoms with Crippen molar-refractivity contribution in [3.63, 3.8) is 0 Å². The lowest BCUT2D eigenvalue weighted by molar-refractivity contribution is -0.135. The molecular weight excluding hydrogens is 326 g/mol. The zero-order valence-corrected chi connectivity index (χ0v) is 16.5. The number of hydrogen-bond donors (Lipinski definition) is 1. The number of amides is 2. The number of rotatable bonds is 8. The van der Waals surface area contributed by atoms with Crippen LogP contribution in [0, 0.1) is 12.8 Å². The maximum absolute atomic E-state index is 12.4. The van der Waals surface area contributed by atoms with Crippen LogP contribution in [-0.4, -0.2) is 49.4 Å². The van der Waals surface area contributed by atoms with Gasteiger partial charge in [0, 0.05) is 50.7 Å². The highest BCUT2D eigenvalue weighted by Gasteiger charge is 2.26. The van der Waals surface area contributed by atoms with Gasteiger partial charge in [-0.2, -0.15) is 0 Å². The number of nitrogens with zero attached hydrogens (tertiary/aromatic N) is 2. The van der Waals surface area contributed by atoms with Crippen LogP contribution in [0.15, 0.2) is 24.3 Å². The van der Waals surface area contributed by atoms with Crippen LogP contribution in [0.4, 0.5) is 5.69 Å². The van der Waals surface area contributed by atoms with Crippen LogP contribution < -0.4 is 10.2 Å². The molecule has 26 heavy (non-hydrogen) atoms. The van der Waals surface area contributed by atoms with Gasteiger partial charge in [-0.1, -0.05) is 25.1 Å². The zero-order valence-electron chi connectivity index (χ0n) is 16.5. The summed E-state index contributed by atoms with van der Waals surface area (Å²) in [5, 5.41) is 3.09. The van der Waals surface area contributed by atoms with Crippen molar-refractivity contribution in [3.05, 3.63) is 29.8 Å². The average Bonchev–Trinajstić information content (AvgIpc) is 2.66. The van der Waals surface area contributed by atoms with E-state index in [1.807, 2.05) is 17.9 Å². The number of likely N-dealkylation sites (tertiary alicyclic amines) is 1. The van der Waals surface area contributed by atoms with Gasteiger partial charge >= 0.3 is 0 Å². The third-order valence-corrected chi connectivity index (χ3v) is 5.20. The summed E-state index contributed by atoms with van der Waals surface area (Å²) in [4.78, 5) is 28.6. The fourth-order valence-electron chi connectivity index (χ4n) is 3.59. The van der Waals surface area contributed by atoms with E-state index in [-0.39, 0.29) is 17.7 Å². The number of para-hydroxylation sites is 1. The average molecular weight is 360 g/mol. The number of hydrogen-bond acceptors (Lipinski definition) is 3. The second-order valence-corrected chi connectivity index (χ2v) is 7.06. The van der Waals surface area contributed by atoms with Gasteiger partial charge in [-0.05, 0) is 44.7 Å². The SMILES string of the molecule is CCCC(=O)N1CCC(C(=O)NCCN(CC)c2ccccc2C)CC1. The summed E-state index contributed by atoms with van der Waals surface area (Å²) >= 11 is 0. The number of carbonyl (C=O) groups excluding carboxylic acids is 2. The van der Waals surface area contributed by atoms with Crippen LogP contribution in [0.3, 0.4) is 0 Å². The van der Waals surface area contributed by atoms with Crippen LogP contribution in [0.2, 0.25) is 0 Å². The number of nitrogens with one attached hydrogen (secondary N) is 1. The maximum Gasteiger partial charge on any atom is 0.223 e. The molecule has 2 rings (SSSR count). The monoisotopic (exact) mass is 359 g/mol. The Morgan fingerprint density at radius 3 is 2.50 bits per heavy atom. The first-order chi connectivity index (χ1) is 12.6. The summed E-state index contributed by atoms with van der Waals surface area (Å²) in [6.45, 7) is 10.1. The Labute approximate surface area is 157 Å². The summed E-state index contributed by atoms with van der Waals surface area (Å²) in [5.74, 6) is 0.394. The van der Waals surface area contributed by atoms with Gasteiger partial charge in [-0.15, -0.1) is 0 Å². The van der Waals surface area contributed by atoms with Gasteiger partial charge in [-0.25, -0.2) is 0 Å². The molecule has 0 aliphatic carbocycles. The minimum absolute atomic E-state index is 0.0363. The standard InChI is InChI=1S/C21H33N3O2/c1-4-8-20(25)24-14-11-18(12-15-24)21(26)22-13-16-23(5-2)19-10-7-6-9-17(19)3/h6-7,9-10,18H,4-5,8,11-16H2,1-3H3,(H,22,26). The van der Waals surface area contributed by atoms with Crippen molar-refractivity contribution >= 4 is 17.5 Å². The minimum atomic E-state index is 0.0363. The topological polar surface area (TPSA) is 52.7 Å². The van der Waals surface area contributed by atoms with E-state index in [0.29, 0.717) is 26.1 Å². The number of carbonyl (C=O) groups is 2. The van der Waals surface area contributed by atoms with Gasteiger partial charge in [0.2, 0.25) is 11.8 Å². The van der Waals surface area contributed by atoms with E-state index in [1.54, 1.807) is 0 Å². The highest BCUT2D eigenvalue weighted by molar-refractivity contribution is 5.80. The molecule has 1 saturated heterocycles. The van der Waals surface area contributed by atoms with Gasteiger partial charge in [0.25, 0.3) is 0 Å². The summed E-state index contributed by atoms with van der Waals surface area (Å²) in [6.07, 6.45) is 3.05. The van der Waals surface area contributed by atoms with E-state index >= 15 is 0 Å². The van der Waals surface area contributed by atoms with Gasteiger partial charge < -0.3 is 15.1 Å². The molecule has 1 aromatic carbocycles. The molecule has 1 heterocycles. The minimum Gasteiger partial charge on any atom is -0.370 e. The van der Waals surface area contributed by atoms with Crippen LogP contribution in [0.25, 0.3) is 0 Å². The molecule has 0 spiro atoms. The number of anilines is 1. The number of aryl methyl sites for hydroxylation is 1. The predicted molar refractivity (Wildman–Crippen MR) is 106 cm³/mol. The third-order valence-electron chi connectivity index (χ3n) is 5.20. The van der Waals surface area contributed by atoms with Gasteiger partial charge in [0.1, 0.15) is 0 Å². The molecule has 1 aliphatic heterocycles. The first-order valence-electron chi connectivity index (χ1n) is 9.92. The first-order valence-corrected chi connectivity index (χ1v) is 9.92. The molecule has 5 heteroatoms. The summed E-state index contributed by atoms with van der Waals surface area (Å²) < 4.78 is 0. The molecule has 5 nitrogen and oxygen atoms in total.